The van der Waals surface area contributed by atoms with Crippen LogP contribution < -0.4 is 5.32 Å². The Morgan fingerprint density at radius 1 is 1.41 bits per heavy atom. The Balaban J connectivity index is 2.16. The predicted octanol–water partition coefficient (Wildman–Crippen LogP) is 2.86. The van der Waals surface area contributed by atoms with Crippen LogP contribution in [0, 0.1) is 0 Å². The van der Waals surface area contributed by atoms with Crippen molar-refractivity contribution in [3.8, 4) is 0 Å². The Labute approximate surface area is 106 Å². The van der Waals surface area contributed by atoms with Crippen molar-refractivity contribution in [2.75, 3.05) is 6.54 Å². The molecule has 4 heteroatoms. The third kappa shape index (κ3) is 2.96. The van der Waals surface area contributed by atoms with Gasteiger partial charge >= 0.3 is 0 Å². The molecule has 0 aliphatic heterocycles. The van der Waals surface area contributed by atoms with Crippen LogP contribution in [0.25, 0.3) is 0 Å². The van der Waals surface area contributed by atoms with Crippen LogP contribution in [0.4, 0.5) is 0 Å². The van der Waals surface area contributed by atoms with Crippen LogP contribution in [0.3, 0.4) is 0 Å². The summed E-state index contributed by atoms with van der Waals surface area (Å²) in [7, 11) is 0. The van der Waals surface area contributed by atoms with E-state index in [1.165, 1.54) is 11.3 Å². The molecule has 1 atom stereocenters. The lowest BCUT2D eigenvalue weighted by Gasteiger charge is -2.18. The van der Waals surface area contributed by atoms with Crippen molar-refractivity contribution in [1.29, 1.82) is 0 Å². The number of hydrogen-bond donors (Lipinski definition) is 1. The summed E-state index contributed by atoms with van der Waals surface area (Å²) in [6.07, 6.45) is 2.92. The van der Waals surface area contributed by atoms with Crippen LogP contribution in [0.5, 0.6) is 0 Å². The normalized spacial score (nSPS) is 12.8. The Kier molecular flexibility index (Phi) is 4.34. The molecule has 1 unspecified atom stereocenters. The summed E-state index contributed by atoms with van der Waals surface area (Å²) in [5.41, 5.74) is 2.67. The van der Waals surface area contributed by atoms with Gasteiger partial charge in [0.2, 0.25) is 0 Å². The maximum Gasteiger partial charge on any atom is 0.0556 e. The van der Waals surface area contributed by atoms with Crippen LogP contribution in [-0.2, 0) is 13.0 Å². The Bertz CT molecular complexity index is 433. The molecule has 92 valence electrons. The van der Waals surface area contributed by atoms with Crippen molar-refractivity contribution in [3.05, 3.63) is 40.3 Å². The van der Waals surface area contributed by atoms with E-state index in [0.29, 0.717) is 6.04 Å². The molecule has 2 aromatic rings. The molecule has 1 N–H and O–H groups in total. The monoisotopic (exact) mass is 249 g/mol. The minimum Gasteiger partial charge on any atom is -0.309 e. The van der Waals surface area contributed by atoms with E-state index in [2.05, 4.69) is 51.8 Å². The molecule has 17 heavy (non-hydrogen) atoms. The first kappa shape index (κ1) is 12.3. The second kappa shape index (κ2) is 5.98. The van der Waals surface area contributed by atoms with Gasteiger partial charge < -0.3 is 5.32 Å². The minimum atomic E-state index is 0.358. The molecule has 2 heterocycles. The van der Waals surface area contributed by atoms with Crippen molar-refractivity contribution < 1.29 is 0 Å². The van der Waals surface area contributed by atoms with E-state index in [-0.39, 0.29) is 0 Å². The fourth-order valence-corrected chi connectivity index (χ4v) is 2.76. The van der Waals surface area contributed by atoms with Crippen LogP contribution >= 0.6 is 11.3 Å². The molecular weight excluding hydrogens is 230 g/mol. The molecule has 0 spiro atoms. The quantitative estimate of drug-likeness (QED) is 0.853. The largest absolute Gasteiger partial charge is 0.309 e. The van der Waals surface area contributed by atoms with E-state index < -0.39 is 0 Å². The summed E-state index contributed by atoms with van der Waals surface area (Å²) in [5, 5.41) is 12.2. The lowest BCUT2D eigenvalue weighted by molar-refractivity contribution is 0.491. The first-order chi connectivity index (χ1) is 8.35. The second-order valence-corrected chi connectivity index (χ2v) is 4.80. The molecule has 2 rings (SSSR count). The summed E-state index contributed by atoms with van der Waals surface area (Å²) in [4.78, 5) is 0. The van der Waals surface area contributed by atoms with Gasteiger partial charge in [-0.25, -0.2) is 0 Å². The molecule has 0 aromatic carbocycles. The van der Waals surface area contributed by atoms with Crippen molar-refractivity contribution >= 4 is 11.3 Å². The van der Waals surface area contributed by atoms with Gasteiger partial charge in [0.05, 0.1) is 11.7 Å². The molecule has 0 saturated carbocycles. The minimum absolute atomic E-state index is 0.358. The van der Waals surface area contributed by atoms with E-state index in [9.17, 15) is 0 Å². The Hall–Kier alpha value is -1.13. The standard InChI is InChI=1S/C13H19N3S/c1-3-14-12(9-11-6-8-17-10-11)13-5-7-15-16(13)4-2/h5-8,10,12,14H,3-4,9H2,1-2H3. The van der Waals surface area contributed by atoms with Gasteiger partial charge in [0.25, 0.3) is 0 Å². The van der Waals surface area contributed by atoms with E-state index in [0.717, 1.165) is 19.5 Å². The first-order valence-electron chi connectivity index (χ1n) is 6.11. The lowest BCUT2D eigenvalue weighted by atomic mass is 10.1. The zero-order valence-corrected chi connectivity index (χ0v) is 11.2. The topological polar surface area (TPSA) is 29.9 Å². The molecule has 0 radical (unpaired) electrons. The highest BCUT2D eigenvalue weighted by Gasteiger charge is 2.15. The van der Waals surface area contributed by atoms with E-state index in [1.807, 2.05) is 6.20 Å². The zero-order valence-electron chi connectivity index (χ0n) is 10.4. The number of aryl methyl sites for hydroxylation is 1. The summed E-state index contributed by atoms with van der Waals surface area (Å²) in [6, 6.07) is 4.67. The zero-order chi connectivity index (χ0) is 12.1. The maximum absolute atomic E-state index is 4.35. The molecule has 3 nitrogen and oxygen atoms in total. The average molecular weight is 249 g/mol. The number of hydrogen-bond acceptors (Lipinski definition) is 3. The van der Waals surface area contributed by atoms with Crippen molar-refractivity contribution in [2.45, 2.75) is 32.9 Å². The highest BCUT2D eigenvalue weighted by Crippen LogP contribution is 2.19. The molecule has 0 bridgehead atoms. The average Bonchev–Trinajstić information content (AvgIpc) is 2.98. The SMILES string of the molecule is CCNC(Cc1ccsc1)c1ccnn1CC. The van der Waals surface area contributed by atoms with Gasteiger partial charge in [-0.1, -0.05) is 6.92 Å². The Morgan fingerprint density at radius 3 is 2.94 bits per heavy atom. The fourth-order valence-electron chi connectivity index (χ4n) is 2.08. The summed E-state index contributed by atoms with van der Waals surface area (Å²) < 4.78 is 2.07. The van der Waals surface area contributed by atoms with E-state index in [1.54, 1.807) is 11.3 Å². The van der Waals surface area contributed by atoms with Crippen LogP contribution in [0.2, 0.25) is 0 Å². The summed E-state index contributed by atoms with van der Waals surface area (Å²) in [6.45, 7) is 6.18. The molecule has 2 aromatic heterocycles. The number of aromatic nitrogens is 2. The molecule has 0 fully saturated rings. The van der Waals surface area contributed by atoms with Crippen molar-refractivity contribution in [1.82, 2.24) is 15.1 Å². The summed E-state index contributed by atoms with van der Waals surface area (Å²) >= 11 is 1.76. The smallest absolute Gasteiger partial charge is 0.0556 e. The Morgan fingerprint density at radius 2 is 2.29 bits per heavy atom. The predicted molar refractivity (Wildman–Crippen MR) is 72.3 cm³/mol. The number of nitrogens with zero attached hydrogens (tertiary/aromatic N) is 2. The number of nitrogens with one attached hydrogen (secondary N) is 1. The van der Waals surface area contributed by atoms with Gasteiger partial charge in [-0.2, -0.15) is 16.4 Å². The van der Waals surface area contributed by atoms with Gasteiger partial charge in [0.1, 0.15) is 0 Å². The first-order valence-corrected chi connectivity index (χ1v) is 7.05. The van der Waals surface area contributed by atoms with Crippen molar-refractivity contribution in [3.63, 3.8) is 0 Å². The van der Waals surface area contributed by atoms with Crippen LogP contribution in [0.1, 0.15) is 31.1 Å². The molecule has 0 amide bonds. The fraction of sp³-hybridized carbons (Fsp3) is 0.462. The second-order valence-electron chi connectivity index (χ2n) is 4.02. The third-order valence-corrected chi connectivity index (χ3v) is 3.61. The molecule has 0 saturated heterocycles. The molecule has 0 aliphatic rings. The van der Waals surface area contributed by atoms with Crippen molar-refractivity contribution in [2.24, 2.45) is 0 Å². The maximum atomic E-state index is 4.35. The highest BCUT2D eigenvalue weighted by atomic mass is 32.1. The van der Waals surface area contributed by atoms with Gasteiger partial charge in [-0.05, 0) is 48.3 Å². The van der Waals surface area contributed by atoms with Gasteiger partial charge in [0, 0.05) is 12.7 Å². The van der Waals surface area contributed by atoms with E-state index >= 15 is 0 Å². The molecular formula is C13H19N3S. The number of likely N-dealkylation sites (N-methyl/N-ethyl adjacent to an activating group) is 1. The van der Waals surface area contributed by atoms with Gasteiger partial charge in [0.15, 0.2) is 0 Å². The third-order valence-electron chi connectivity index (χ3n) is 2.88. The molecule has 0 aliphatic carbocycles. The van der Waals surface area contributed by atoms with Gasteiger partial charge in [-0.3, -0.25) is 4.68 Å². The highest BCUT2D eigenvalue weighted by molar-refractivity contribution is 7.07. The number of rotatable bonds is 6. The number of thiophene rings is 1. The summed E-state index contributed by atoms with van der Waals surface area (Å²) in [5.74, 6) is 0. The van der Waals surface area contributed by atoms with E-state index in [4.69, 9.17) is 0 Å². The van der Waals surface area contributed by atoms with Gasteiger partial charge in [-0.15, -0.1) is 0 Å². The lowest BCUT2D eigenvalue weighted by Crippen LogP contribution is -2.25. The van der Waals surface area contributed by atoms with Crippen LogP contribution in [0.15, 0.2) is 29.1 Å². The van der Waals surface area contributed by atoms with Crippen LogP contribution in [-0.4, -0.2) is 16.3 Å².